The second kappa shape index (κ2) is 7.22. The molecular weight excluding hydrogens is 369 g/mol. The van der Waals surface area contributed by atoms with Gasteiger partial charge in [0.15, 0.2) is 0 Å². The van der Waals surface area contributed by atoms with E-state index in [1.54, 1.807) is 6.92 Å². The Balaban J connectivity index is 3.04. The summed E-state index contributed by atoms with van der Waals surface area (Å²) in [7, 11) is 0. The average molecular weight is 383 g/mol. The van der Waals surface area contributed by atoms with E-state index in [1.165, 1.54) is 6.07 Å². The van der Waals surface area contributed by atoms with Gasteiger partial charge < -0.3 is 11.1 Å². The summed E-state index contributed by atoms with van der Waals surface area (Å²) in [6.07, 6.45) is -3.85. The summed E-state index contributed by atoms with van der Waals surface area (Å²) >= 11 is 7.72. The van der Waals surface area contributed by atoms with E-state index in [9.17, 15) is 18.0 Å². The lowest BCUT2D eigenvalue weighted by molar-refractivity contribution is -0.138. The number of carbonyl (C=O) groups is 1. The minimum Gasteiger partial charge on any atom is -0.393 e. The zero-order valence-corrected chi connectivity index (χ0v) is 13.5. The van der Waals surface area contributed by atoms with Crippen molar-refractivity contribution in [2.45, 2.75) is 32.0 Å². The summed E-state index contributed by atoms with van der Waals surface area (Å²) < 4.78 is 39.2. The Labute approximate surface area is 134 Å². The standard InChI is InChI=1S/C13H14BrF3N2OS/c1-2-8(6-11(18)21)19-12(20)9-4-3-7(14)5-10(9)13(15,16)17/h3-5,8H,2,6H2,1H3,(H2,18,21)(H,19,20). The van der Waals surface area contributed by atoms with E-state index in [0.29, 0.717) is 6.42 Å². The fourth-order valence-corrected chi connectivity index (χ4v) is 2.31. The third-order valence-electron chi connectivity index (χ3n) is 2.81. The smallest absolute Gasteiger partial charge is 0.393 e. The zero-order valence-electron chi connectivity index (χ0n) is 11.1. The summed E-state index contributed by atoms with van der Waals surface area (Å²) in [5, 5.41) is 2.52. The van der Waals surface area contributed by atoms with Gasteiger partial charge in [0.1, 0.15) is 0 Å². The Morgan fingerprint density at radius 1 is 1.48 bits per heavy atom. The van der Waals surface area contributed by atoms with Crippen LogP contribution in [0.1, 0.15) is 35.7 Å². The van der Waals surface area contributed by atoms with Crippen molar-refractivity contribution in [1.82, 2.24) is 5.32 Å². The molecule has 1 amide bonds. The van der Waals surface area contributed by atoms with Crippen LogP contribution in [0.2, 0.25) is 0 Å². The maximum Gasteiger partial charge on any atom is 0.417 e. The first-order valence-electron chi connectivity index (χ1n) is 6.11. The molecule has 0 aliphatic carbocycles. The number of carbonyl (C=O) groups excluding carboxylic acids is 1. The lowest BCUT2D eigenvalue weighted by atomic mass is 10.0. The number of amides is 1. The van der Waals surface area contributed by atoms with Crippen LogP contribution in [0.5, 0.6) is 0 Å². The van der Waals surface area contributed by atoms with Gasteiger partial charge in [-0.25, -0.2) is 0 Å². The monoisotopic (exact) mass is 382 g/mol. The third kappa shape index (κ3) is 5.28. The van der Waals surface area contributed by atoms with Crippen LogP contribution in [0, 0.1) is 0 Å². The van der Waals surface area contributed by atoms with Gasteiger partial charge in [-0.05, 0) is 24.6 Å². The fourth-order valence-electron chi connectivity index (χ4n) is 1.75. The molecule has 1 unspecified atom stereocenters. The molecule has 116 valence electrons. The quantitative estimate of drug-likeness (QED) is 0.764. The van der Waals surface area contributed by atoms with Crippen LogP contribution < -0.4 is 11.1 Å². The van der Waals surface area contributed by atoms with Gasteiger partial charge in [0, 0.05) is 16.9 Å². The van der Waals surface area contributed by atoms with Crippen LogP contribution in [-0.4, -0.2) is 16.9 Å². The number of alkyl halides is 3. The summed E-state index contributed by atoms with van der Waals surface area (Å²) in [6, 6.07) is 3.01. The minimum absolute atomic E-state index is 0.203. The van der Waals surface area contributed by atoms with Crippen LogP contribution in [0.25, 0.3) is 0 Å². The second-order valence-electron chi connectivity index (χ2n) is 4.44. The topological polar surface area (TPSA) is 55.1 Å². The van der Waals surface area contributed by atoms with Gasteiger partial charge in [0.25, 0.3) is 5.91 Å². The van der Waals surface area contributed by atoms with E-state index >= 15 is 0 Å². The normalized spacial score (nSPS) is 12.8. The first kappa shape index (κ1) is 17.9. The van der Waals surface area contributed by atoms with E-state index in [4.69, 9.17) is 18.0 Å². The largest absolute Gasteiger partial charge is 0.417 e. The minimum atomic E-state index is -4.61. The van der Waals surface area contributed by atoms with Gasteiger partial charge >= 0.3 is 6.18 Å². The lowest BCUT2D eigenvalue weighted by Crippen LogP contribution is -2.37. The van der Waals surface area contributed by atoms with E-state index in [2.05, 4.69) is 21.2 Å². The van der Waals surface area contributed by atoms with Gasteiger partial charge in [0.05, 0.1) is 16.1 Å². The van der Waals surface area contributed by atoms with Gasteiger partial charge in [-0.2, -0.15) is 13.2 Å². The number of hydrogen-bond donors (Lipinski definition) is 2. The van der Waals surface area contributed by atoms with E-state index < -0.39 is 23.2 Å². The molecule has 3 N–H and O–H groups in total. The first-order chi connectivity index (χ1) is 9.65. The molecule has 0 aliphatic heterocycles. The van der Waals surface area contributed by atoms with Crippen molar-refractivity contribution in [2.75, 3.05) is 0 Å². The molecule has 1 rings (SSSR count). The molecule has 0 aromatic heterocycles. The molecule has 0 bridgehead atoms. The Kier molecular flexibility index (Phi) is 6.15. The highest BCUT2D eigenvalue weighted by Gasteiger charge is 2.35. The molecule has 3 nitrogen and oxygen atoms in total. The highest BCUT2D eigenvalue weighted by molar-refractivity contribution is 9.10. The van der Waals surface area contributed by atoms with Crippen LogP contribution in [0.4, 0.5) is 13.2 Å². The van der Waals surface area contributed by atoms with Crippen molar-refractivity contribution in [3.63, 3.8) is 0 Å². The van der Waals surface area contributed by atoms with Crippen molar-refractivity contribution in [3.8, 4) is 0 Å². The van der Waals surface area contributed by atoms with E-state index in [-0.39, 0.29) is 21.9 Å². The molecule has 0 fully saturated rings. The molecular formula is C13H14BrF3N2OS. The predicted molar refractivity (Wildman–Crippen MR) is 82.1 cm³/mol. The van der Waals surface area contributed by atoms with Crippen molar-refractivity contribution >= 4 is 39.0 Å². The molecule has 1 aromatic carbocycles. The Bertz CT molecular complexity index is 549. The highest BCUT2D eigenvalue weighted by atomic mass is 79.9. The van der Waals surface area contributed by atoms with Crippen LogP contribution in [0.3, 0.4) is 0 Å². The third-order valence-corrected chi connectivity index (χ3v) is 3.47. The van der Waals surface area contributed by atoms with Crippen molar-refractivity contribution in [2.24, 2.45) is 5.73 Å². The molecule has 0 aliphatic rings. The number of rotatable bonds is 5. The van der Waals surface area contributed by atoms with Crippen molar-refractivity contribution < 1.29 is 18.0 Å². The highest BCUT2D eigenvalue weighted by Crippen LogP contribution is 2.33. The molecule has 1 aromatic rings. The van der Waals surface area contributed by atoms with E-state index in [1.807, 2.05) is 0 Å². The number of nitrogens with one attached hydrogen (secondary N) is 1. The molecule has 0 heterocycles. The molecule has 0 spiro atoms. The maximum absolute atomic E-state index is 13.0. The Morgan fingerprint density at radius 2 is 2.10 bits per heavy atom. The summed E-state index contributed by atoms with van der Waals surface area (Å²) in [5.41, 5.74) is 3.99. The van der Waals surface area contributed by atoms with Crippen molar-refractivity contribution in [3.05, 3.63) is 33.8 Å². The fraction of sp³-hybridized carbons (Fsp3) is 0.385. The summed E-state index contributed by atoms with van der Waals surface area (Å²) in [4.78, 5) is 12.3. The maximum atomic E-state index is 13.0. The predicted octanol–water partition coefficient (Wildman–Crippen LogP) is 3.65. The number of halogens is 4. The number of nitrogens with two attached hydrogens (primary N) is 1. The zero-order chi connectivity index (χ0) is 16.2. The molecule has 1 atom stereocenters. The molecule has 0 radical (unpaired) electrons. The van der Waals surface area contributed by atoms with Gasteiger partial charge in [-0.3, -0.25) is 4.79 Å². The second-order valence-corrected chi connectivity index (χ2v) is 5.88. The summed E-state index contributed by atoms with van der Waals surface area (Å²) in [6.45, 7) is 1.79. The lowest BCUT2D eigenvalue weighted by Gasteiger charge is -2.18. The van der Waals surface area contributed by atoms with Crippen molar-refractivity contribution in [1.29, 1.82) is 0 Å². The first-order valence-corrected chi connectivity index (χ1v) is 7.31. The summed E-state index contributed by atoms with van der Waals surface area (Å²) in [5.74, 6) is -0.794. The Morgan fingerprint density at radius 3 is 2.57 bits per heavy atom. The van der Waals surface area contributed by atoms with Crippen LogP contribution in [0.15, 0.2) is 22.7 Å². The number of thiocarbonyl (C=S) groups is 1. The molecule has 8 heteroatoms. The average Bonchev–Trinajstić information content (AvgIpc) is 2.36. The molecule has 0 saturated heterocycles. The Hall–Kier alpha value is -1.15. The van der Waals surface area contributed by atoms with Crippen LogP contribution in [-0.2, 0) is 6.18 Å². The molecule has 21 heavy (non-hydrogen) atoms. The SMILES string of the molecule is CCC(CC(N)=S)NC(=O)c1ccc(Br)cc1C(F)(F)F. The molecule has 0 saturated carbocycles. The van der Waals surface area contributed by atoms with Gasteiger partial charge in [0.2, 0.25) is 0 Å². The van der Waals surface area contributed by atoms with Gasteiger partial charge in [-0.1, -0.05) is 35.1 Å². The number of hydrogen-bond acceptors (Lipinski definition) is 2. The van der Waals surface area contributed by atoms with E-state index in [0.717, 1.165) is 12.1 Å². The van der Waals surface area contributed by atoms with Gasteiger partial charge in [-0.15, -0.1) is 0 Å². The number of benzene rings is 1. The van der Waals surface area contributed by atoms with Crippen LogP contribution >= 0.6 is 28.1 Å².